The van der Waals surface area contributed by atoms with Crippen molar-refractivity contribution in [2.75, 3.05) is 41.7 Å². The number of nitrogens with zero attached hydrogens (tertiary/aromatic N) is 3. The van der Waals surface area contributed by atoms with Crippen molar-refractivity contribution in [3.05, 3.63) is 48.3 Å². The minimum Gasteiger partial charge on any atom is -0.368 e. The molecule has 0 saturated carbocycles. The van der Waals surface area contributed by atoms with Gasteiger partial charge in [-0.25, -0.2) is 0 Å². The van der Waals surface area contributed by atoms with E-state index in [0.29, 0.717) is 30.2 Å². The second-order valence-corrected chi connectivity index (χ2v) is 6.61. The van der Waals surface area contributed by atoms with Crippen molar-refractivity contribution < 1.29 is 14.4 Å². The molecule has 2 aromatic rings. The molecule has 0 bridgehead atoms. The van der Waals surface area contributed by atoms with Crippen LogP contribution >= 0.6 is 0 Å². The van der Waals surface area contributed by atoms with Crippen LogP contribution in [0.25, 0.3) is 0 Å². The highest BCUT2D eigenvalue weighted by molar-refractivity contribution is 6.03. The zero-order chi connectivity index (χ0) is 20.1. The van der Waals surface area contributed by atoms with E-state index >= 15 is 0 Å². The van der Waals surface area contributed by atoms with Crippen LogP contribution < -0.4 is 15.5 Å². The Morgan fingerprint density at radius 2 is 1.50 bits per heavy atom. The summed E-state index contributed by atoms with van der Waals surface area (Å²) in [6, 6.07) is 10.5. The molecule has 1 aliphatic rings. The van der Waals surface area contributed by atoms with E-state index in [0.717, 1.165) is 18.8 Å². The number of hydrogen-bond acceptors (Lipinski definition) is 5. The fraction of sp³-hybridized carbons (Fsp3) is 0.300. The van der Waals surface area contributed by atoms with Crippen LogP contribution in [0.3, 0.4) is 0 Å². The molecule has 0 radical (unpaired) electrons. The molecule has 0 unspecified atom stereocenters. The van der Waals surface area contributed by atoms with Gasteiger partial charge in [-0.2, -0.15) is 0 Å². The smallest absolute Gasteiger partial charge is 0.274 e. The zero-order valence-electron chi connectivity index (χ0n) is 15.9. The van der Waals surface area contributed by atoms with Gasteiger partial charge in [0.15, 0.2) is 0 Å². The van der Waals surface area contributed by atoms with Crippen molar-refractivity contribution in [2.45, 2.75) is 13.8 Å². The normalized spacial score (nSPS) is 13.8. The molecule has 28 heavy (non-hydrogen) atoms. The van der Waals surface area contributed by atoms with E-state index in [1.807, 2.05) is 11.0 Å². The molecule has 0 spiro atoms. The largest absolute Gasteiger partial charge is 0.368 e. The molecular formula is C20H23N5O3. The Balaban J connectivity index is 1.64. The first-order chi connectivity index (χ1) is 13.4. The molecule has 2 N–H and O–H groups in total. The first kappa shape index (κ1) is 19.3. The van der Waals surface area contributed by atoms with Gasteiger partial charge >= 0.3 is 0 Å². The van der Waals surface area contributed by atoms with Crippen LogP contribution in [-0.4, -0.2) is 53.8 Å². The Kier molecular flexibility index (Phi) is 5.88. The monoisotopic (exact) mass is 381 g/mol. The number of nitrogens with one attached hydrogen (secondary N) is 2. The van der Waals surface area contributed by atoms with Crippen LogP contribution in [0.1, 0.15) is 24.3 Å². The second-order valence-electron chi connectivity index (χ2n) is 6.61. The zero-order valence-corrected chi connectivity index (χ0v) is 15.9. The Morgan fingerprint density at radius 3 is 2.07 bits per heavy atom. The summed E-state index contributed by atoms with van der Waals surface area (Å²) in [7, 11) is 0. The lowest BCUT2D eigenvalue weighted by molar-refractivity contribution is -0.129. The van der Waals surface area contributed by atoms with Gasteiger partial charge in [-0.1, -0.05) is 0 Å². The number of piperazine rings is 1. The van der Waals surface area contributed by atoms with E-state index in [1.165, 1.54) is 6.92 Å². The molecule has 1 aliphatic heterocycles. The first-order valence-electron chi connectivity index (χ1n) is 9.08. The number of rotatable bonds is 4. The van der Waals surface area contributed by atoms with Crippen LogP contribution in [0.2, 0.25) is 0 Å². The summed E-state index contributed by atoms with van der Waals surface area (Å²) in [5, 5.41) is 5.48. The van der Waals surface area contributed by atoms with Gasteiger partial charge < -0.3 is 20.4 Å². The van der Waals surface area contributed by atoms with Crippen LogP contribution in [0, 0.1) is 0 Å². The second kappa shape index (κ2) is 8.51. The molecule has 8 heteroatoms. The average molecular weight is 381 g/mol. The summed E-state index contributed by atoms with van der Waals surface area (Å²) in [6.07, 6.45) is 1.61. The molecule has 146 valence electrons. The van der Waals surface area contributed by atoms with Gasteiger partial charge in [-0.3, -0.25) is 19.4 Å². The van der Waals surface area contributed by atoms with Gasteiger partial charge in [-0.15, -0.1) is 0 Å². The maximum Gasteiger partial charge on any atom is 0.274 e. The molecule has 1 aromatic carbocycles. The number of benzene rings is 1. The first-order valence-corrected chi connectivity index (χ1v) is 9.08. The molecule has 1 fully saturated rings. The van der Waals surface area contributed by atoms with Crippen LogP contribution in [0.5, 0.6) is 0 Å². The highest BCUT2D eigenvalue weighted by atomic mass is 16.2. The average Bonchev–Trinajstić information content (AvgIpc) is 2.69. The highest BCUT2D eigenvalue weighted by Crippen LogP contribution is 2.19. The number of carbonyl (C=O) groups is 3. The Labute approximate surface area is 163 Å². The molecule has 1 saturated heterocycles. The van der Waals surface area contributed by atoms with Crippen LogP contribution in [0.15, 0.2) is 42.6 Å². The summed E-state index contributed by atoms with van der Waals surface area (Å²) in [6.45, 7) is 5.78. The summed E-state index contributed by atoms with van der Waals surface area (Å²) in [5.74, 6) is -0.377. The van der Waals surface area contributed by atoms with E-state index in [9.17, 15) is 14.4 Å². The molecular weight excluding hydrogens is 358 g/mol. The van der Waals surface area contributed by atoms with Gasteiger partial charge in [0, 0.05) is 63.3 Å². The SMILES string of the molecule is CC(=O)Nc1ccc(NC(=O)c2cc(N3CCN(C(C)=O)CC3)ccn2)cc1. The predicted octanol–water partition coefficient (Wildman–Crippen LogP) is 1.96. The van der Waals surface area contributed by atoms with Gasteiger partial charge in [0.05, 0.1) is 0 Å². The fourth-order valence-electron chi connectivity index (χ4n) is 3.06. The number of anilines is 3. The summed E-state index contributed by atoms with van der Waals surface area (Å²) < 4.78 is 0. The summed E-state index contributed by atoms with van der Waals surface area (Å²) >= 11 is 0. The third-order valence-corrected chi connectivity index (χ3v) is 4.53. The minimum absolute atomic E-state index is 0.0824. The number of amides is 3. The van der Waals surface area contributed by atoms with Crippen LogP contribution in [-0.2, 0) is 9.59 Å². The van der Waals surface area contributed by atoms with Crippen molar-refractivity contribution in [3.8, 4) is 0 Å². The van der Waals surface area contributed by atoms with Crippen molar-refractivity contribution in [1.82, 2.24) is 9.88 Å². The molecule has 3 amide bonds. The molecule has 2 heterocycles. The predicted molar refractivity (Wildman–Crippen MR) is 107 cm³/mol. The summed E-state index contributed by atoms with van der Waals surface area (Å²) in [4.78, 5) is 43.2. The molecule has 0 aliphatic carbocycles. The van der Waals surface area contributed by atoms with E-state index in [2.05, 4.69) is 20.5 Å². The number of hydrogen-bond donors (Lipinski definition) is 2. The minimum atomic E-state index is -0.309. The Bertz CT molecular complexity index is 874. The van der Waals surface area contributed by atoms with Gasteiger partial charge in [-0.05, 0) is 36.4 Å². The van der Waals surface area contributed by atoms with Gasteiger partial charge in [0.25, 0.3) is 5.91 Å². The van der Waals surface area contributed by atoms with E-state index in [-0.39, 0.29) is 17.7 Å². The standard InChI is InChI=1S/C20H23N5O3/c1-14(26)22-16-3-5-17(6-4-16)23-20(28)19-13-18(7-8-21-19)25-11-9-24(10-12-25)15(2)27/h3-8,13H,9-12H2,1-2H3,(H,22,26)(H,23,28). The van der Waals surface area contributed by atoms with Crippen LogP contribution in [0.4, 0.5) is 17.1 Å². The molecule has 3 rings (SSSR count). The molecule has 1 aromatic heterocycles. The number of pyridine rings is 1. The summed E-state index contributed by atoms with van der Waals surface area (Å²) in [5.41, 5.74) is 2.50. The lowest BCUT2D eigenvalue weighted by Crippen LogP contribution is -2.48. The van der Waals surface area contributed by atoms with Crippen molar-refractivity contribution in [2.24, 2.45) is 0 Å². The van der Waals surface area contributed by atoms with Gasteiger partial charge in [0.1, 0.15) is 5.69 Å². The van der Waals surface area contributed by atoms with Crippen molar-refractivity contribution >= 4 is 34.8 Å². The topological polar surface area (TPSA) is 94.6 Å². The third kappa shape index (κ3) is 4.85. The lowest BCUT2D eigenvalue weighted by atomic mass is 10.2. The Hall–Kier alpha value is -3.42. The van der Waals surface area contributed by atoms with E-state index < -0.39 is 0 Å². The van der Waals surface area contributed by atoms with Gasteiger partial charge in [0.2, 0.25) is 11.8 Å². The quantitative estimate of drug-likeness (QED) is 0.844. The van der Waals surface area contributed by atoms with Crippen molar-refractivity contribution in [1.29, 1.82) is 0 Å². The third-order valence-electron chi connectivity index (χ3n) is 4.53. The molecule has 8 nitrogen and oxygen atoms in total. The molecule has 0 atom stereocenters. The van der Waals surface area contributed by atoms with Crippen molar-refractivity contribution in [3.63, 3.8) is 0 Å². The highest BCUT2D eigenvalue weighted by Gasteiger charge is 2.19. The Morgan fingerprint density at radius 1 is 0.893 bits per heavy atom. The number of carbonyl (C=O) groups excluding carboxylic acids is 3. The fourth-order valence-corrected chi connectivity index (χ4v) is 3.06. The maximum absolute atomic E-state index is 12.5. The number of aromatic nitrogens is 1. The van der Waals surface area contributed by atoms with E-state index in [1.54, 1.807) is 43.5 Å². The van der Waals surface area contributed by atoms with E-state index in [4.69, 9.17) is 0 Å². The maximum atomic E-state index is 12.5. The lowest BCUT2D eigenvalue weighted by Gasteiger charge is -2.35.